The highest BCUT2D eigenvalue weighted by molar-refractivity contribution is 7.80. The van der Waals surface area contributed by atoms with Gasteiger partial charge in [0.25, 0.3) is 5.91 Å². The number of anilines is 2. The highest BCUT2D eigenvalue weighted by Crippen LogP contribution is 2.34. The molecule has 1 saturated heterocycles. The molecule has 0 saturated carbocycles. The molecule has 2 heterocycles. The summed E-state index contributed by atoms with van der Waals surface area (Å²) in [6.07, 6.45) is 3.76. The summed E-state index contributed by atoms with van der Waals surface area (Å²) < 4.78 is 5.65. The number of halogens is 2. The topological polar surface area (TPSA) is 57.5 Å². The van der Waals surface area contributed by atoms with Crippen molar-refractivity contribution in [1.82, 2.24) is 5.32 Å². The Morgan fingerprint density at radius 1 is 0.968 bits per heavy atom. The summed E-state index contributed by atoms with van der Waals surface area (Å²) in [7, 11) is 0. The van der Waals surface area contributed by atoms with Crippen LogP contribution in [0.1, 0.15) is 29.8 Å². The second-order valence-electron chi connectivity index (χ2n) is 7.27. The molecule has 1 aliphatic rings. The van der Waals surface area contributed by atoms with Crippen molar-refractivity contribution in [3.8, 4) is 11.3 Å². The third-order valence-electron chi connectivity index (χ3n) is 5.12. The van der Waals surface area contributed by atoms with E-state index < -0.39 is 5.91 Å². The quantitative estimate of drug-likeness (QED) is 0.431. The number of rotatable bonds is 4. The lowest BCUT2D eigenvalue weighted by Gasteiger charge is -2.28. The summed E-state index contributed by atoms with van der Waals surface area (Å²) in [5.41, 5.74) is 2.61. The van der Waals surface area contributed by atoms with Crippen LogP contribution in [0.5, 0.6) is 0 Å². The molecular formula is C23H21Cl2N3O2S. The van der Waals surface area contributed by atoms with Crippen LogP contribution in [0.4, 0.5) is 11.4 Å². The van der Waals surface area contributed by atoms with E-state index in [1.54, 1.807) is 30.3 Å². The molecule has 3 aromatic rings. The molecule has 31 heavy (non-hydrogen) atoms. The first-order valence-corrected chi connectivity index (χ1v) is 11.2. The Labute approximate surface area is 196 Å². The molecule has 160 valence electrons. The first-order chi connectivity index (χ1) is 15.0. The molecule has 1 amide bonds. The van der Waals surface area contributed by atoms with Crippen LogP contribution in [0.2, 0.25) is 10.0 Å². The van der Waals surface area contributed by atoms with Crippen molar-refractivity contribution in [3.63, 3.8) is 0 Å². The molecule has 4 rings (SSSR count). The maximum Gasteiger partial charge on any atom is 0.293 e. The molecule has 2 N–H and O–H groups in total. The molecule has 1 aromatic heterocycles. The van der Waals surface area contributed by atoms with Gasteiger partial charge in [0.05, 0.1) is 10.0 Å². The van der Waals surface area contributed by atoms with Crippen LogP contribution in [0.15, 0.2) is 59.0 Å². The lowest BCUT2D eigenvalue weighted by molar-refractivity contribution is 0.0951. The van der Waals surface area contributed by atoms with Crippen molar-refractivity contribution >= 4 is 57.8 Å². The van der Waals surface area contributed by atoms with E-state index in [4.69, 9.17) is 39.8 Å². The second-order valence-corrected chi connectivity index (χ2v) is 8.46. The van der Waals surface area contributed by atoms with E-state index >= 15 is 0 Å². The van der Waals surface area contributed by atoms with Crippen molar-refractivity contribution in [2.45, 2.75) is 19.3 Å². The third kappa shape index (κ3) is 5.21. The molecule has 0 spiro atoms. The zero-order valence-corrected chi connectivity index (χ0v) is 19.0. The van der Waals surface area contributed by atoms with Gasteiger partial charge in [-0.25, -0.2) is 0 Å². The molecule has 5 nitrogen and oxygen atoms in total. The standard InChI is InChI=1S/C23H21Cl2N3O2S/c24-18-6-4-5-17(21(18)25)19-11-12-20(30-19)22(29)27-23(31)26-15-7-9-16(10-8-15)28-13-2-1-3-14-28/h4-12H,1-3,13-14H2,(H2,26,27,29,31). The Morgan fingerprint density at radius 3 is 2.45 bits per heavy atom. The molecule has 2 aromatic carbocycles. The number of carbonyl (C=O) groups is 1. The molecule has 0 unspecified atom stereocenters. The Kier molecular flexibility index (Phi) is 6.80. The van der Waals surface area contributed by atoms with Crippen molar-refractivity contribution < 1.29 is 9.21 Å². The summed E-state index contributed by atoms with van der Waals surface area (Å²) in [4.78, 5) is 14.9. The summed E-state index contributed by atoms with van der Waals surface area (Å²) in [6, 6.07) is 16.5. The predicted molar refractivity (Wildman–Crippen MR) is 130 cm³/mol. The van der Waals surface area contributed by atoms with Gasteiger partial charge in [-0.05, 0) is 80.0 Å². The minimum Gasteiger partial charge on any atom is -0.451 e. The Balaban J connectivity index is 1.36. The smallest absolute Gasteiger partial charge is 0.293 e. The number of carbonyl (C=O) groups excluding carboxylic acids is 1. The number of furan rings is 1. The number of nitrogens with zero attached hydrogens (tertiary/aromatic N) is 1. The lowest BCUT2D eigenvalue weighted by Crippen LogP contribution is -2.34. The number of hydrogen-bond donors (Lipinski definition) is 2. The summed E-state index contributed by atoms with van der Waals surface area (Å²) >= 11 is 17.6. The van der Waals surface area contributed by atoms with Crippen molar-refractivity contribution in [2.24, 2.45) is 0 Å². The van der Waals surface area contributed by atoms with Crippen molar-refractivity contribution in [1.29, 1.82) is 0 Å². The van der Waals surface area contributed by atoms with Gasteiger partial charge in [0, 0.05) is 30.0 Å². The number of nitrogens with one attached hydrogen (secondary N) is 2. The van der Waals surface area contributed by atoms with Crippen molar-refractivity contribution in [2.75, 3.05) is 23.3 Å². The number of hydrogen-bond acceptors (Lipinski definition) is 4. The lowest BCUT2D eigenvalue weighted by atomic mass is 10.1. The van der Waals surface area contributed by atoms with E-state index in [0.717, 1.165) is 18.8 Å². The van der Waals surface area contributed by atoms with E-state index in [1.807, 2.05) is 12.1 Å². The highest BCUT2D eigenvalue weighted by Gasteiger charge is 2.16. The van der Waals surface area contributed by atoms with Gasteiger partial charge < -0.3 is 14.6 Å². The summed E-state index contributed by atoms with van der Waals surface area (Å²) in [5, 5.41) is 6.64. The molecular weight excluding hydrogens is 453 g/mol. The predicted octanol–water partition coefficient (Wildman–Crippen LogP) is 6.37. The van der Waals surface area contributed by atoms with Crippen LogP contribution in [-0.4, -0.2) is 24.1 Å². The van der Waals surface area contributed by atoms with Crippen LogP contribution >= 0.6 is 35.4 Å². The number of thiocarbonyl (C=S) groups is 1. The Hall–Kier alpha value is -2.54. The van der Waals surface area contributed by atoms with E-state index in [-0.39, 0.29) is 10.9 Å². The molecule has 1 fully saturated rings. The zero-order chi connectivity index (χ0) is 21.8. The minimum atomic E-state index is -0.452. The van der Waals surface area contributed by atoms with Gasteiger partial charge >= 0.3 is 0 Å². The van der Waals surface area contributed by atoms with E-state index in [0.29, 0.717) is 21.4 Å². The van der Waals surface area contributed by atoms with Crippen LogP contribution in [-0.2, 0) is 0 Å². The SMILES string of the molecule is O=C(NC(=S)Nc1ccc(N2CCCCC2)cc1)c1ccc(-c2cccc(Cl)c2Cl)o1. The average Bonchev–Trinajstić information content (AvgIpc) is 3.27. The molecule has 8 heteroatoms. The molecule has 0 aliphatic carbocycles. The molecule has 0 atom stereocenters. The van der Waals surface area contributed by atoms with Gasteiger partial charge in [0.1, 0.15) is 5.76 Å². The van der Waals surface area contributed by atoms with Crippen LogP contribution in [0.25, 0.3) is 11.3 Å². The van der Waals surface area contributed by atoms with Gasteiger partial charge in [0.15, 0.2) is 10.9 Å². The Morgan fingerprint density at radius 2 is 1.71 bits per heavy atom. The van der Waals surface area contributed by atoms with Gasteiger partial charge in [0.2, 0.25) is 0 Å². The monoisotopic (exact) mass is 473 g/mol. The van der Waals surface area contributed by atoms with Gasteiger partial charge in [-0.1, -0.05) is 29.3 Å². The van der Waals surface area contributed by atoms with Gasteiger partial charge in [-0.2, -0.15) is 0 Å². The summed E-state index contributed by atoms with van der Waals surface area (Å²) in [6.45, 7) is 2.18. The largest absolute Gasteiger partial charge is 0.451 e. The Bertz CT molecular complexity index is 1090. The molecule has 1 aliphatic heterocycles. The van der Waals surface area contributed by atoms with Crippen LogP contribution in [0.3, 0.4) is 0 Å². The second kappa shape index (κ2) is 9.73. The average molecular weight is 474 g/mol. The highest BCUT2D eigenvalue weighted by atomic mass is 35.5. The van der Waals surface area contributed by atoms with Crippen LogP contribution < -0.4 is 15.5 Å². The first-order valence-electron chi connectivity index (χ1n) is 10.0. The normalized spacial score (nSPS) is 13.7. The van der Waals surface area contributed by atoms with Crippen LogP contribution in [0, 0.1) is 0 Å². The number of benzene rings is 2. The zero-order valence-electron chi connectivity index (χ0n) is 16.7. The summed E-state index contributed by atoms with van der Waals surface area (Å²) in [5.74, 6) is 0.118. The number of amides is 1. The fourth-order valence-corrected chi connectivity index (χ4v) is 4.14. The third-order valence-corrected chi connectivity index (χ3v) is 6.14. The van der Waals surface area contributed by atoms with E-state index in [1.165, 1.54) is 24.9 Å². The first kappa shape index (κ1) is 21.7. The maximum absolute atomic E-state index is 12.5. The van der Waals surface area contributed by atoms with E-state index in [2.05, 4.69) is 27.7 Å². The minimum absolute atomic E-state index is 0.121. The molecule has 0 bridgehead atoms. The molecule has 0 radical (unpaired) electrons. The van der Waals surface area contributed by atoms with E-state index in [9.17, 15) is 4.79 Å². The fraction of sp³-hybridized carbons (Fsp3) is 0.217. The number of piperidine rings is 1. The fourth-order valence-electron chi connectivity index (χ4n) is 3.53. The van der Waals surface area contributed by atoms with Gasteiger partial charge in [-0.15, -0.1) is 0 Å². The van der Waals surface area contributed by atoms with Crippen molar-refractivity contribution in [3.05, 3.63) is 70.4 Å². The van der Waals surface area contributed by atoms with Gasteiger partial charge in [-0.3, -0.25) is 10.1 Å². The maximum atomic E-state index is 12.5.